The van der Waals surface area contributed by atoms with Gasteiger partial charge in [0.15, 0.2) is 6.61 Å². The van der Waals surface area contributed by atoms with Gasteiger partial charge in [0.05, 0.1) is 6.04 Å². The Balaban J connectivity index is 2.12. The molecule has 0 aromatic heterocycles. The van der Waals surface area contributed by atoms with Gasteiger partial charge in [-0.15, -0.1) is 0 Å². The maximum absolute atomic E-state index is 12.9. The summed E-state index contributed by atoms with van der Waals surface area (Å²) in [5, 5.41) is 3.69. The Morgan fingerprint density at radius 1 is 1.07 bits per heavy atom. The van der Waals surface area contributed by atoms with Gasteiger partial charge in [0.25, 0.3) is 5.91 Å². The first-order valence-electron chi connectivity index (χ1n) is 9.16. The van der Waals surface area contributed by atoms with E-state index in [1.165, 1.54) is 22.5 Å². The zero-order valence-electron chi connectivity index (χ0n) is 16.5. The Morgan fingerprint density at radius 3 is 2.24 bits per heavy atom. The van der Waals surface area contributed by atoms with Gasteiger partial charge in [-0.25, -0.2) is 8.42 Å². The molecule has 2 aromatic carbocycles. The molecule has 2 rings (SSSR count). The number of nitrogens with zero attached hydrogens (tertiary/aromatic N) is 1. The maximum Gasteiger partial charge on any atom is 0.258 e. The predicted molar refractivity (Wildman–Crippen MR) is 115 cm³/mol. The minimum absolute atomic E-state index is 0.0627. The first kappa shape index (κ1) is 23.5. The molecular formula is C20H24Cl2N2O4S. The normalized spacial score (nSPS) is 12.6. The molecule has 1 atom stereocenters. The Bertz CT molecular complexity index is 945. The van der Waals surface area contributed by atoms with Crippen LogP contribution >= 0.6 is 23.2 Å². The molecular weight excluding hydrogens is 435 g/mol. The number of hydrogen-bond donors (Lipinski definition) is 1. The molecule has 29 heavy (non-hydrogen) atoms. The van der Waals surface area contributed by atoms with Crippen LogP contribution in [0.25, 0.3) is 0 Å². The number of benzene rings is 2. The summed E-state index contributed by atoms with van der Waals surface area (Å²) in [5.74, 6) is -0.302. The molecule has 0 unspecified atom stereocenters. The second kappa shape index (κ2) is 10.3. The highest BCUT2D eigenvalue weighted by Crippen LogP contribution is 2.30. The Morgan fingerprint density at radius 2 is 1.66 bits per heavy atom. The zero-order chi connectivity index (χ0) is 21.6. The van der Waals surface area contributed by atoms with E-state index in [9.17, 15) is 13.2 Å². The SMILES string of the molecule is CCN(CC)S(=O)(=O)c1cc(Cl)ccc1OCC(=O)N[C@@H](C)c1ccc(Cl)cc1. The number of halogens is 2. The number of rotatable bonds is 9. The summed E-state index contributed by atoms with van der Waals surface area (Å²) in [4.78, 5) is 12.2. The number of hydrogen-bond acceptors (Lipinski definition) is 4. The van der Waals surface area contributed by atoms with Crippen molar-refractivity contribution in [3.05, 3.63) is 58.1 Å². The van der Waals surface area contributed by atoms with Crippen molar-refractivity contribution in [2.45, 2.75) is 31.7 Å². The molecule has 1 N–H and O–H groups in total. The highest BCUT2D eigenvalue weighted by atomic mass is 35.5. The molecule has 0 fully saturated rings. The van der Waals surface area contributed by atoms with Crippen LogP contribution in [0.1, 0.15) is 32.4 Å². The van der Waals surface area contributed by atoms with Gasteiger partial charge in [0.2, 0.25) is 10.0 Å². The number of amides is 1. The molecule has 158 valence electrons. The molecule has 0 radical (unpaired) electrons. The van der Waals surface area contributed by atoms with Crippen molar-refractivity contribution in [1.82, 2.24) is 9.62 Å². The van der Waals surface area contributed by atoms with Crippen molar-refractivity contribution in [2.75, 3.05) is 19.7 Å². The van der Waals surface area contributed by atoms with E-state index in [2.05, 4.69) is 5.32 Å². The molecule has 0 aliphatic rings. The van der Waals surface area contributed by atoms with Crippen LogP contribution in [0.2, 0.25) is 10.0 Å². The Hall–Kier alpha value is -1.80. The summed E-state index contributed by atoms with van der Waals surface area (Å²) in [5.41, 5.74) is 0.888. The highest BCUT2D eigenvalue weighted by molar-refractivity contribution is 7.89. The van der Waals surface area contributed by atoms with E-state index in [4.69, 9.17) is 27.9 Å². The lowest BCUT2D eigenvalue weighted by Gasteiger charge is -2.21. The smallest absolute Gasteiger partial charge is 0.258 e. The van der Waals surface area contributed by atoms with Crippen LogP contribution in [-0.4, -0.2) is 38.3 Å². The Kier molecular flexibility index (Phi) is 8.34. The molecule has 0 spiro atoms. The average molecular weight is 459 g/mol. The monoisotopic (exact) mass is 458 g/mol. The summed E-state index contributed by atoms with van der Waals surface area (Å²) in [6.07, 6.45) is 0. The predicted octanol–water partition coefficient (Wildman–Crippen LogP) is 4.28. The summed E-state index contributed by atoms with van der Waals surface area (Å²) in [7, 11) is -3.79. The molecule has 0 saturated carbocycles. The van der Waals surface area contributed by atoms with E-state index in [-0.39, 0.29) is 34.2 Å². The summed E-state index contributed by atoms with van der Waals surface area (Å²) in [6.45, 7) is 5.61. The van der Waals surface area contributed by atoms with E-state index in [0.29, 0.717) is 18.1 Å². The molecule has 1 amide bonds. The number of sulfonamides is 1. The third-order valence-corrected chi connectivity index (χ3v) is 6.89. The van der Waals surface area contributed by atoms with Crippen LogP contribution in [0.5, 0.6) is 5.75 Å². The van der Waals surface area contributed by atoms with Crippen molar-refractivity contribution in [3.8, 4) is 5.75 Å². The van der Waals surface area contributed by atoms with Crippen LogP contribution in [0.4, 0.5) is 0 Å². The summed E-state index contributed by atoms with van der Waals surface area (Å²) in [6, 6.07) is 11.2. The lowest BCUT2D eigenvalue weighted by atomic mass is 10.1. The van der Waals surface area contributed by atoms with Gasteiger partial charge in [0, 0.05) is 23.1 Å². The van der Waals surface area contributed by atoms with Gasteiger partial charge in [-0.3, -0.25) is 4.79 Å². The largest absolute Gasteiger partial charge is 0.482 e. The first-order chi connectivity index (χ1) is 13.7. The van der Waals surface area contributed by atoms with Gasteiger partial charge >= 0.3 is 0 Å². The molecule has 2 aromatic rings. The quantitative estimate of drug-likeness (QED) is 0.608. The number of carbonyl (C=O) groups is 1. The van der Waals surface area contributed by atoms with E-state index >= 15 is 0 Å². The molecule has 0 saturated heterocycles. The van der Waals surface area contributed by atoms with Crippen LogP contribution in [0.15, 0.2) is 47.4 Å². The van der Waals surface area contributed by atoms with Gasteiger partial charge in [0.1, 0.15) is 10.6 Å². The van der Waals surface area contributed by atoms with Crippen molar-refractivity contribution >= 4 is 39.1 Å². The maximum atomic E-state index is 12.9. The van der Waals surface area contributed by atoms with Crippen molar-refractivity contribution in [1.29, 1.82) is 0 Å². The lowest BCUT2D eigenvalue weighted by molar-refractivity contribution is -0.123. The third kappa shape index (κ3) is 6.09. The van der Waals surface area contributed by atoms with Gasteiger partial charge in [-0.2, -0.15) is 4.31 Å². The van der Waals surface area contributed by atoms with E-state index < -0.39 is 10.0 Å². The fourth-order valence-electron chi connectivity index (χ4n) is 2.77. The van der Waals surface area contributed by atoms with Crippen LogP contribution in [0.3, 0.4) is 0 Å². The number of carbonyl (C=O) groups excluding carboxylic acids is 1. The minimum Gasteiger partial charge on any atom is -0.482 e. The van der Waals surface area contributed by atoms with Crippen molar-refractivity contribution in [2.24, 2.45) is 0 Å². The number of ether oxygens (including phenoxy) is 1. The molecule has 0 bridgehead atoms. The standard InChI is InChI=1S/C20H24Cl2N2O4S/c1-4-24(5-2)29(26,27)19-12-17(22)10-11-18(19)28-13-20(25)23-14(3)15-6-8-16(21)9-7-15/h6-12,14H,4-5,13H2,1-3H3,(H,23,25)/t14-/m0/s1. The van der Waals surface area contributed by atoms with Crippen LogP contribution in [-0.2, 0) is 14.8 Å². The van der Waals surface area contributed by atoms with Crippen LogP contribution < -0.4 is 10.1 Å². The second-order valence-electron chi connectivity index (χ2n) is 6.31. The Labute approximate surface area is 181 Å². The van der Waals surface area contributed by atoms with Gasteiger partial charge in [-0.1, -0.05) is 49.2 Å². The van der Waals surface area contributed by atoms with Crippen molar-refractivity contribution in [3.63, 3.8) is 0 Å². The number of nitrogens with one attached hydrogen (secondary N) is 1. The van der Waals surface area contributed by atoms with E-state index in [1.807, 2.05) is 19.1 Å². The molecule has 6 nitrogen and oxygen atoms in total. The molecule has 0 heterocycles. The minimum atomic E-state index is -3.79. The molecule has 0 aliphatic heterocycles. The van der Waals surface area contributed by atoms with Crippen LogP contribution in [0, 0.1) is 0 Å². The average Bonchev–Trinajstić information content (AvgIpc) is 2.68. The van der Waals surface area contributed by atoms with Gasteiger partial charge in [-0.05, 0) is 42.8 Å². The molecule has 9 heteroatoms. The highest BCUT2D eigenvalue weighted by Gasteiger charge is 2.26. The topological polar surface area (TPSA) is 75.7 Å². The fraction of sp³-hybridized carbons (Fsp3) is 0.350. The lowest BCUT2D eigenvalue weighted by Crippen LogP contribution is -2.33. The van der Waals surface area contributed by atoms with E-state index in [0.717, 1.165) is 5.56 Å². The summed E-state index contributed by atoms with van der Waals surface area (Å²) >= 11 is 11.9. The fourth-order valence-corrected chi connectivity index (χ4v) is 4.74. The molecule has 0 aliphatic carbocycles. The van der Waals surface area contributed by atoms with Crippen molar-refractivity contribution < 1.29 is 17.9 Å². The first-order valence-corrected chi connectivity index (χ1v) is 11.4. The third-order valence-electron chi connectivity index (χ3n) is 4.34. The zero-order valence-corrected chi connectivity index (χ0v) is 18.8. The summed E-state index contributed by atoms with van der Waals surface area (Å²) < 4.78 is 32.6. The van der Waals surface area contributed by atoms with E-state index in [1.54, 1.807) is 26.0 Å². The van der Waals surface area contributed by atoms with Gasteiger partial charge < -0.3 is 10.1 Å². The second-order valence-corrected chi connectivity index (χ2v) is 9.09.